The molecule has 0 aliphatic carbocycles. The molecule has 1 N–H and O–H groups in total. The Hall–Kier alpha value is -4.26. The number of hydrogen-bond donors (Lipinski definition) is 1. The average molecular weight is 530 g/mol. The molecule has 3 aromatic rings. The van der Waals surface area contributed by atoms with Gasteiger partial charge in [0, 0.05) is 17.3 Å². The second-order valence-corrected chi connectivity index (χ2v) is 9.81. The van der Waals surface area contributed by atoms with Gasteiger partial charge in [0.15, 0.2) is 11.5 Å². The molecule has 204 valence electrons. The van der Waals surface area contributed by atoms with Crippen LogP contribution in [0.2, 0.25) is 0 Å². The Labute approximate surface area is 229 Å². The topological polar surface area (TPSA) is 85.3 Å². The van der Waals surface area contributed by atoms with Crippen molar-refractivity contribution < 1.29 is 28.9 Å². The maximum atomic E-state index is 13.6. The number of ketones is 1. The molecule has 0 bridgehead atoms. The number of aliphatic hydroxyl groups excluding tert-OH is 1. The Bertz CT molecular complexity index is 1390. The van der Waals surface area contributed by atoms with E-state index in [4.69, 9.17) is 14.2 Å². The van der Waals surface area contributed by atoms with Crippen molar-refractivity contribution in [3.05, 3.63) is 89.0 Å². The van der Waals surface area contributed by atoms with Gasteiger partial charge in [0.2, 0.25) is 0 Å². The number of aliphatic hydroxyl groups is 1. The number of anilines is 1. The van der Waals surface area contributed by atoms with Crippen LogP contribution in [0, 0.1) is 12.8 Å². The number of aryl methyl sites for hydroxylation is 1. The molecule has 3 aromatic carbocycles. The minimum Gasteiger partial charge on any atom is -0.507 e. The first-order valence-electron chi connectivity index (χ1n) is 13.3. The lowest BCUT2D eigenvalue weighted by Crippen LogP contribution is -2.29. The van der Waals surface area contributed by atoms with Crippen molar-refractivity contribution in [2.24, 2.45) is 5.92 Å². The highest BCUT2D eigenvalue weighted by Gasteiger charge is 2.47. The van der Waals surface area contributed by atoms with Gasteiger partial charge in [-0.3, -0.25) is 14.5 Å². The van der Waals surface area contributed by atoms with E-state index >= 15 is 0 Å². The van der Waals surface area contributed by atoms with Crippen LogP contribution in [0.4, 0.5) is 5.69 Å². The highest BCUT2D eigenvalue weighted by atomic mass is 16.5. The fourth-order valence-corrected chi connectivity index (χ4v) is 4.60. The van der Waals surface area contributed by atoms with Crippen molar-refractivity contribution in [2.75, 3.05) is 24.7 Å². The van der Waals surface area contributed by atoms with Crippen molar-refractivity contribution in [1.82, 2.24) is 0 Å². The number of nitrogens with zero attached hydrogens (tertiary/aromatic N) is 1. The molecule has 0 aromatic heterocycles. The molecule has 1 aliphatic rings. The molecule has 1 saturated heterocycles. The summed E-state index contributed by atoms with van der Waals surface area (Å²) in [6, 6.07) is 18.8. The van der Waals surface area contributed by atoms with Crippen LogP contribution < -0.4 is 19.1 Å². The van der Waals surface area contributed by atoms with E-state index in [1.54, 1.807) is 42.5 Å². The summed E-state index contributed by atoms with van der Waals surface area (Å²) in [5.74, 6) is 0.155. The third kappa shape index (κ3) is 5.93. The molecular formula is C32H35NO6. The number of Topliss-reactive ketones (excluding diaryl/α,β-unsaturated/α-hetero) is 1. The van der Waals surface area contributed by atoms with Gasteiger partial charge in [-0.05, 0) is 56.5 Å². The Balaban J connectivity index is 1.87. The molecule has 0 radical (unpaired) electrons. The van der Waals surface area contributed by atoms with Crippen molar-refractivity contribution >= 4 is 23.1 Å². The lowest BCUT2D eigenvalue weighted by atomic mass is 9.94. The zero-order valence-electron chi connectivity index (χ0n) is 23.1. The van der Waals surface area contributed by atoms with Crippen LogP contribution >= 0.6 is 0 Å². The van der Waals surface area contributed by atoms with Crippen LogP contribution in [0.1, 0.15) is 50.4 Å². The van der Waals surface area contributed by atoms with Crippen LogP contribution in [0.15, 0.2) is 72.3 Å². The number of benzene rings is 3. The molecule has 1 heterocycles. The van der Waals surface area contributed by atoms with Gasteiger partial charge in [-0.2, -0.15) is 0 Å². The lowest BCUT2D eigenvalue weighted by molar-refractivity contribution is -0.132. The van der Waals surface area contributed by atoms with E-state index in [0.717, 1.165) is 5.56 Å². The van der Waals surface area contributed by atoms with Gasteiger partial charge in [0.1, 0.15) is 11.5 Å². The second kappa shape index (κ2) is 12.1. The SMILES string of the molecule is CCOc1ccc(N2C(=O)C(=O)/C(=C(/O)c3cccc(OCC(C)C)c3)C2c2cccc(C)c2)cc1OCC. The molecule has 0 saturated carbocycles. The summed E-state index contributed by atoms with van der Waals surface area (Å²) in [5, 5.41) is 11.5. The molecule has 1 atom stereocenters. The minimum atomic E-state index is -0.849. The Morgan fingerprint density at radius 3 is 2.31 bits per heavy atom. The Morgan fingerprint density at radius 1 is 0.897 bits per heavy atom. The fourth-order valence-electron chi connectivity index (χ4n) is 4.60. The second-order valence-electron chi connectivity index (χ2n) is 9.81. The molecule has 4 rings (SSSR count). The predicted molar refractivity (Wildman–Crippen MR) is 152 cm³/mol. The maximum absolute atomic E-state index is 13.6. The number of rotatable bonds is 10. The number of amides is 1. The zero-order chi connectivity index (χ0) is 28.1. The first-order chi connectivity index (χ1) is 18.7. The Morgan fingerprint density at radius 2 is 1.62 bits per heavy atom. The van der Waals surface area contributed by atoms with Gasteiger partial charge >= 0.3 is 0 Å². The molecule has 0 spiro atoms. The average Bonchev–Trinajstić information content (AvgIpc) is 3.18. The third-order valence-electron chi connectivity index (χ3n) is 6.30. The Kier molecular flexibility index (Phi) is 8.59. The highest BCUT2D eigenvalue weighted by molar-refractivity contribution is 6.51. The first-order valence-corrected chi connectivity index (χ1v) is 13.3. The molecule has 1 aliphatic heterocycles. The molecule has 7 heteroatoms. The standard InChI is InChI=1S/C32H35NO6/c1-6-37-26-15-14-24(18-27(26)38-7-2)33-29(22-11-8-10-21(5)16-22)28(31(35)32(33)36)30(34)23-12-9-13-25(17-23)39-19-20(3)4/h8-18,20,29,34H,6-7,19H2,1-5H3/b30-28+. The van der Waals surface area contributed by atoms with Gasteiger partial charge in [-0.15, -0.1) is 0 Å². The fraction of sp³-hybridized carbons (Fsp3) is 0.312. The van der Waals surface area contributed by atoms with E-state index in [1.807, 2.05) is 58.9 Å². The van der Waals surface area contributed by atoms with Crippen LogP contribution in [0.5, 0.6) is 17.2 Å². The van der Waals surface area contributed by atoms with E-state index in [9.17, 15) is 14.7 Å². The summed E-state index contributed by atoms with van der Waals surface area (Å²) in [5.41, 5.74) is 2.54. The summed E-state index contributed by atoms with van der Waals surface area (Å²) in [6.07, 6.45) is 0. The largest absolute Gasteiger partial charge is 0.507 e. The molecule has 39 heavy (non-hydrogen) atoms. The van der Waals surface area contributed by atoms with E-state index in [0.29, 0.717) is 59.8 Å². The molecule has 7 nitrogen and oxygen atoms in total. The normalized spacial score (nSPS) is 16.6. The van der Waals surface area contributed by atoms with Gasteiger partial charge < -0.3 is 19.3 Å². The smallest absolute Gasteiger partial charge is 0.300 e. The molecule has 1 amide bonds. The van der Waals surface area contributed by atoms with Crippen LogP contribution in [-0.2, 0) is 9.59 Å². The molecule has 1 fully saturated rings. The van der Waals surface area contributed by atoms with Crippen molar-refractivity contribution in [3.63, 3.8) is 0 Å². The van der Waals surface area contributed by atoms with E-state index in [1.165, 1.54) is 4.90 Å². The molecule has 1 unspecified atom stereocenters. The summed E-state index contributed by atoms with van der Waals surface area (Å²) >= 11 is 0. The van der Waals surface area contributed by atoms with E-state index in [2.05, 4.69) is 0 Å². The summed E-state index contributed by atoms with van der Waals surface area (Å²) < 4.78 is 17.3. The number of hydrogen-bond acceptors (Lipinski definition) is 6. The summed E-state index contributed by atoms with van der Waals surface area (Å²) in [6.45, 7) is 11.1. The van der Waals surface area contributed by atoms with Gasteiger partial charge in [-0.1, -0.05) is 55.8 Å². The van der Waals surface area contributed by atoms with E-state index in [-0.39, 0.29) is 11.3 Å². The van der Waals surface area contributed by atoms with Crippen LogP contribution in [0.3, 0.4) is 0 Å². The number of carbonyl (C=O) groups is 2. The van der Waals surface area contributed by atoms with Gasteiger partial charge in [0.05, 0.1) is 31.4 Å². The van der Waals surface area contributed by atoms with Gasteiger partial charge in [0.25, 0.3) is 11.7 Å². The highest BCUT2D eigenvalue weighted by Crippen LogP contribution is 2.44. The number of ether oxygens (including phenoxy) is 3. The van der Waals surface area contributed by atoms with Crippen molar-refractivity contribution in [1.29, 1.82) is 0 Å². The summed E-state index contributed by atoms with van der Waals surface area (Å²) in [7, 11) is 0. The predicted octanol–water partition coefficient (Wildman–Crippen LogP) is 6.45. The van der Waals surface area contributed by atoms with E-state index < -0.39 is 17.7 Å². The third-order valence-corrected chi connectivity index (χ3v) is 6.30. The minimum absolute atomic E-state index is 0.0125. The molecular weight excluding hydrogens is 494 g/mol. The number of carbonyl (C=O) groups excluding carboxylic acids is 2. The summed E-state index contributed by atoms with van der Waals surface area (Å²) in [4.78, 5) is 28.6. The monoisotopic (exact) mass is 529 g/mol. The van der Waals surface area contributed by atoms with Crippen LogP contribution in [0.25, 0.3) is 5.76 Å². The quantitative estimate of drug-likeness (QED) is 0.184. The van der Waals surface area contributed by atoms with Crippen LogP contribution in [-0.4, -0.2) is 36.6 Å². The maximum Gasteiger partial charge on any atom is 0.300 e. The lowest BCUT2D eigenvalue weighted by Gasteiger charge is -2.26. The first kappa shape index (κ1) is 27.8. The van der Waals surface area contributed by atoms with Crippen molar-refractivity contribution in [2.45, 2.75) is 40.7 Å². The van der Waals surface area contributed by atoms with Gasteiger partial charge in [-0.25, -0.2) is 0 Å². The zero-order valence-corrected chi connectivity index (χ0v) is 23.1. The van der Waals surface area contributed by atoms with Crippen molar-refractivity contribution in [3.8, 4) is 17.2 Å².